The van der Waals surface area contributed by atoms with Gasteiger partial charge >= 0.3 is 0 Å². The second-order valence-electron chi connectivity index (χ2n) is 7.25. The molecule has 0 unspecified atom stereocenters. The quantitative estimate of drug-likeness (QED) is 0.526. The summed E-state index contributed by atoms with van der Waals surface area (Å²) in [6.07, 6.45) is 0. The highest BCUT2D eigenvalue weighted by atomic mass is 79.9. The van der Waals surface area contributed by atoms with Crippen molar-refractivity contribution in [2.75, 3.05) is 5.32 Å². The first-order valence-corrected chi connectivity index (χ1v) is 11.0. The van der Waals surface area contributed by atoms with Gasteiger partial charge in [0.15, 0.2) is 5.13 Å². The molecule has 0 saturated heterocycles. The van der Waals surface area contributed by atoms with Crippen molar-refractivity contribution in [2.24, 2.45) is 5.92 Å². The molecule has 1 aromatic heterocycles. The van der Waals surface area contributed by atoms with Crippen LogP contribution in [-0.2, 0) is 4.79 Å². The molecule has 30 heavy (non-hydrogen) atoms. The molecule has 0 bridgehead atoms. The Balaban J connectivity index is 1.56. The number of imide groups is 1. The molecule has 4 rings (SSSR count). The summed E-state index contributed by atoms with van der Waals surface area (Å²) in [5.41, 5.74) is 2.32. The number of benzene rings is 2. The van der Waals surface area contributed by atoms with Gasteiger partial charge in [0.05, 0.1) is 16.8 Å². The lowest BCUT2D eigenvalue weighted by Gasteiger charge is -2.27. The minimum absolute atomic E-state index is 0.266. The second kappa shape index (κ2) is 8.12. The summed E-state index contributed by atoms with van der Waals surface area (Å²) in [6.45, 7) is 3.62. The monoisotopic (exact) mass is 483 g/mol. The van der Waals surface area contributed by atoms with Crippen LogP contribution in [0.3, 0.4) is 0 Å². The van der Waals surface area contributed by atoms with Crippen LogP contribution < -0.4 is 5.32 Å². The van der Waals surface area contributed by atoms with Gasteiger partial charge < -0.3 is 5.32 Å². The highest BCUT2D eigenvalue weighted by Crippen LogP contribution is 2.29. The smallest absolute Gasteiger partial charge is 0.262 e. The van der Waals surface area contributed by atoms with E-state index in [9.17, 15) is 14.4 Å². The number of nitrogens with one attached hydrogen (secondary N) is 1. The number of hydrogen-bond acceptors (Lipinski definition) is 5. The van der Waals surface area contributed by atoms with E-state index < -0.39 is 23.8 Å². The van der Waals surface area contributed by atoms with Crippen LogP contribution in [0, 0.1) is 5.92 Å². The average Bonchev–Trinajstić information content (AvgIpc) is 3.28. The van der Waals surface area contributed by atoms with Crippen LogP contribution in [0.4, 0.5) is 5.13 Å². The minimum Gasteiger partial charge on any atom is -0.300 e. The van der Waals surface area contributed by atoms with E-state index in [-0.39, 0.29) is 5.92 Å². The lowest BCUT2D eigenvalue weighted by Crippen LogP contribution is -2.50. The molecule has 3 aromatic rings. The highest BCUT2D eigenvalue weighted by Gasteiger charge is 2.44. The predicted octanol–water partition coefficient (Wildman–Crippen LogP) is 4.83. The molecule has 152 valence electrons. The summed E-state index contributed by atoms with van der Waals surface area (Å²) >= 11 is 4.70. The molecule has 2 aromatic carbocycles. The molecular weight excluding hydrogens is 466 g/mol. The van der Waals surface area contributed by atoms with Crippen LogP contribution in [0.15, 0.2) is 58.4 Å². The lowest BCUT2D eigenvalue weighted by atomic mass is 10.0. The van der Waals surface area contributed by atoms with E-state index in [0.29, 0.717) is 16.3 Å². The molecule has 1 atom stereocenters. The molecule has 8 heteroatoms. The maximum atomic E-state index is 13.1. The van der Waals surface area contributed by atoms with Gasteiger partial charge in [-0.15, -0.1) is 11.3 Å². The minimum atomic E-state index is -0.933. The van der Waals surface area contributed by atoms with E-state index in [4.69, 9.17) is 0 Å². The molecule has 1 aliphatic heterocycles. The molecule has 0 aliphatic carbocycles. The topological polar surface area (TPSA) is 79.4 Å². The van der Waals surface area contributed by atoms with E-state index in [1.165, 1.54) is 11.3 Å². The zero-order valence-electron chi connectivity index (χ0n) is 16.3. The third-order valence-corrected chi connectivity index (χ3v) is 6.16. The van der Waals surface area contributed by atoms with Crippen molar-refractivity contribution in [3.05, 3.63) is 69.5 Å². The molecule has 0 saturated carbocycles. The summed E-state index contributed by atoms with van der Waals surface area (Å²) in [5.74, 6) is -1.59. The van der Waals surface area contributed by atoms with Crippen molar-refractivity contribution in [2.45, 2.75) is 19.9 Å². The Morgan fingerprint density at radius 1 is 1.03 bits per heavy atom. The lowest BCUT2D eigenvalue weighted by molar-refractivity contribution is -0.121. The van der Waals surface area contributed by atoms with Crippen molar-refractivity contribution < 1.29 is 14.4 Å². The second-order valence-corrected chi connectivity index (χ2v) is 9.02. The Morgan fingerprint density at radius 2 is 1.63 bits per heavy atom. The maximum Gasteiger partial charge on any atom is 0.262 e. The van der Waals surface area contributed by atoms with Gasteiger partial charge in [-0.05, 0) is 30.2 Å². The molecule has 1 aliphatic rings. The fourth-order valence-corrected chi connectivity index (χ4v) is 4.43. The van der Waals surface area contributed by atoms with Crippen LogP contribution in [0.25, 0.3) is 11.3 Å². The zero-order valence-corrected chi connectivity index (χ0v) is 18.7. The van der Waals surface area contributed by atoms with Crippen molar-refractivity contribution >= 4 is 50.1 Å². The van der Waals surface area contributed by atoms with Gasteiger partial charge in [-0.1, -0.05) is 54.0 Å². The number of nitrogens with zero attached hydrogens (tertiary/aromatic N) is 2. The largest absolute Gasteiger partial charge is 0.300 e. The Hall–Kier alpha value is -2.84. The molecule has 6 nitrogen and oxygen atoms in total. The van der Waals surface area contributed by atoms with Gasteiger partial charge in [0.25, 0.3) is 11.8 Å². The summed E-state index contributed by atoms with van der Waals surface area (Å²) in [7, 11) is 0. The zero-order chi connectivity index (χ0) is 21.4. The van der Waals surface area contributed by atoms with Crippen LogP contribution in [0.1, 0.15) is 34.6 Å². The first kappa shape index (κ1) is 20.4. The molecule has 0 spiro atoms. The van der Waals surface area contributed by atoms with Crippen LogP contribution in [0.2, 0.25) is 0 Å². The number of hydrogen-bond donors (Lipinski definition) is 1. The van der Waals surface area contributed by atoms with Crippen LogP contribution in [-0.4, -0.2) is 33.6 Å². The third kappa shape index (κ3) is 3.68. The Morgan fingerprint density at radius 3 is 2.20 bits per heavy atom. The first-order valence-electron chi connectivity index (χ1n) is 9.36. The van der Waals surface area contributed by atoms with Gasteiger partial charge in [0.2, 0.25) is 5.91 Å². The number of thiazole rings is 1. The highest BCUT2D eigenvalue weighted by molar-refractivity contribution is 9.10. The van der Waals surface area contributed by atoms with Crippen molar-refractivity contribution in [3.63, 3.8) is 0 Å². The van der Waals surface area contributed by atoms with Crippen molar-refractivity contribution in [1.82, 2.24) is 9.88 Å². The SMILES string of the molecule is CC(C)[C@H](C(=O)Nc1nc(-c2ccc(Br)cc2)cs1)N1C(=O)c2ccccc2C1=O. The number of aromatic nitrogens is 1. The van der Waals surface area contributed by atoms with Crippen molar-refractivity contribution in [3.8, 4) is 11.3 Å². The number of carbonyl (C=O) groups is 3. The van der Waals surface area contributed by atoms with Gasteiger partial charge in [-0.2, -0.15) is 0 Å². The number of rotatable bonds is 5. The Kier molecular flexibility index (Phi) is 5.53. The van der Waals surface area contributed by atoms with Gasteiger partial charge in [-0.3, -0.25) is 19.3 Å². The summed E-state index contributed by atoms with van der Waals surface area (Å²) in [6, 6.07) is 13.4. The van der Waals surface area contributed by atoms with Crippen LogP contribution in [0.5, 0.6) is 0 Å². The van der Waals surface area contributed by atoms with Gasteiger partial charge in [0, 0.05) is 15.4 Å². The van der Waals surface area contributed by atoms with E-state index in [1.807, 2.05) is 43.5 Å². The standard InChI is InChI=1S/C22H18BrN3O3S/c1-12(2)18(26-20(28)15-5-3-4-6-16(15)21(26)29)19(27)25-22-24-17(11-30-22)13-7-9-14(23)10-8-13/h3-12,18H,1-2H3,(H,24,25,27)/t18-/m1/s1. The summed E-state index contributed by atoms with van der Waals surface area (Å²) in [5, 5.41) is 5.05. The molecular formula is C22H18BrN3O3S. The fraction of sp³-hybridized carbons (Fsp3) is 0.182. The van der Waals surface area contributed by atoms with E-state index in [0.717, 1.165) is 20.6 Å². The Labute approximate surface area is 186 Å². The Bertz CT molecular complexity index is 1110. The first-order chi connectivity index (χ1) is 14.4. The predicted molar refractivity (Wildman–Crippen MR) is 119 cm³/mol. The molecule has 0 fully saturated rings. The molecule has 0 radical (unpaired) electrons. The summed E-state index contributed by atoms with van der Waals surface area (Å²) < 4.78 is 0.968. The van der Waals surface area contributed by atoms with Gasteiger partial charge in [0.1, 0.15) is 6.04 Å². The maximum absolute atomic E-state index is 13.1. The summed E-state index contributed by atoms with van der Waals surface area (Å²) in [4.78, 5) is 44.3. The molecule has 2 heterocycles. The number of halogens is 1. The number of carbonyl (C=O) groups excluding carboxylic acids is 3. The average molecular weight is 484 g/mol. The fourth-order valence-electron chi connectivity index (χ4n) is 3.44. The molecule has 3 amide bonds. The number of fused-ring (bicyclic) bond motifs is 1. The van der Waals surface area contributed by atoms with Gasteiger partial charge in [-0.25, -0.2) is 4.98 Å². The third-order valence-electron chi connectivity index (χ3n) is 4.88. The van der Waals surface area contributed by atoms with E-state index in [1.54, 1.807) is 24.3 Å². The van der Waals surface area contributed by atoms with E-state index >= 15 is 0 Å². The normalized spacial score (nSPS) is 14.2. The van der Waals surface area contributed by atoms with Crippen molar-refractivity contribution in [1.29, 1.82) is 0 Å². The number of amides is 3. The molecule has 1 N–H and O–H groups in total. The van der Waals surface area contributed by atoms with E-state index in [2.05, 4.69) is 26.2 Å². The number of anilines is 1. The van der Waals surface area contributed by atoms with Crippen LogP contribution >= 0.6 is 27.3 Å².